The molecule has 0 spiro atoms. The van der Waals surface area contributed by atoms with Gasteiger partial charge in [0, 0.05) is 22.0 Å². The second-order valence-corrected chi connectivity index (χ2v) is 7.67. The smallest absolute Gasteiger partial charge is 0.200 e. The fourth-order valence-corrected chi connectivity index (χ4v) is 1.87. The molecule has 5 heteroatoms. The molecule has 1 aromatic carbocycles. The van der Waals surface area contributed by atoms with Gasteiger partial charge in [-0.15, -0.1) is 0 Å². The minimum atomic E-state index is -0.951. The van der Waals surface area contributed by atoms with E-state index < -0.39 is 11.6 Å². The van der Waals surface area contributed by atoms with Gasteiger partial charge in [0.25, 0.3) is 0 Å². The first-order chi connectivity index (χ1) is 9.00. The zero-order chi connectivity index (χ0) is 15.6. The number of rotatable bonds is 5. The van der Waals surface area contributed by atoms with Crippen molar-refractivity contribution >= 4 is 15.9 Å². The van der Waals surface area contributed by atoms with Crippen molar-refractivity contribution in [3.8, 4) is 5.75 Å². The van der Waals surface area contributed by atoms with Gasteiger partial charge in [0.1, 0.15) is 0 Å². The third-order valence-corrected chi connectivity index (χ3v) is 3.13. The Balaban J connectivity index is 2.66. The Morgan fingerprint density at radius 1 is 1.15 bits per heavy atom. The van der Waals surface area contributed by atoms with Crippen molar-refractivity contribution < 1.29 is 13.5 Å². The van der Waals surface area contributed by atoms with E-state index in [1.807, 2.05) is 13.8 Å². The Morgan fingerprint density at radius 2 is 1.75 bits per heavy atom. The van der Waals surface area contributed by atoms with Crippen molar-refractivity contribution in [1.29, 1.82) is 0 Å². The summed E-state index contributed by atoms with van der Waals surface area (Å²) in [6.07, 6.45) is 0. The zero-order valence-electron chi connectivity index (χ0n) is 12.6. The quantitative estimate of drug-likeness (QED) is 0.789. The van der Waals surface area contributed by atoms with Crippen molar-refractivity contribution in [2.45, 2.75) is 40.2 Å². The lowest BCUT2D eigenvalue weighted by Gasteiger charge is -2.30. The minimum absolute atomic E-state index is 0.00437. The summed E-state index contributed by atoms with van der Waals surface area (Å²) >= 11 is 3.13. The van der Waals surface area contributed by atoms with Crippen molar-refractivity contribution in [3.05, 3.63) is 28.2 Å². The molecule has 0 heterocycles. The molecule has 0 radical (unpaired) electrons. The molecule has 0 aliphatic carbocycles. The van der Waals surface area contributed by atoms with Gasteiger partial charge in [0.15, 0.2) is 11.6 Å². The molecule has 0 atom stereocenters. The predicted molar refractivity (Wildman–Crippen MR) is 81.1 cm³/mol. The zero-order valence-corrected chi connectivity index (χ0v) is 14.2. The predicted octanol–water partition coefficient (Wildman–Crippen LogP) is 4.52. The van der Waals surface area contributed by atoms with E-state index in [0.29, 0.717) is 17.6 Å². The Labute approximate surface area is 128 Å². The van der Waals surface area contributed by atoms with Crippen LogP contribution < -0.4 is 10.1 Å². The van der Waals surface area contributed by atoms with Crippen LogP contribution in [-0.4, -0.2) is 18.7 Å². The summed E-state index contributed by atoms with van der Waals surface area (Å²) in [4.78, 5) is 0. The molecule has 114 valence electrons. The molecule has 2 nitrogen and oxygen atoms in total. The average Bonchev–Trinajstić information content (AvgIpc) is 2.29. The van der Waals surface area contributed by atoms with E-state index in [1.54, 1.807) is 0 Å². The van der Waals surface area contributed by atoms with Gasteiger partial charge in [0.05, 0.1) is 6.61 Å². The lowest BCUT2D eigenvalue weighted by atomic mass is 9.93. The van der Waals surface area contributed by atoms with Crippen LogP contribution in [-0.2, 0) is 0 Å². The third kappa shape index (κ3) is 5.75. The molecule has 0 saturated carbocycles. The first-order valence-electron chi connectivity index (χ1n) is 6.53. The molecule has 20 heavy (non-hydrogen) atoms. The maximum atomic E-state index is 13.6. The van der Waals surface area contributed by atoms with Crippen LogP contribution >= 0.6 is 15.9 Å². The summed E-state index contributed by atoms with van der Waals surface area (Å²) in [5.74, 6) is -1.94. The van der Waals surface area contributed by atoms with Gasteiger partial charge in [-0.1, -0.05) is 29.8 Å². The van der Waals surface area contributed by atoms with E-state index in [9.17, 15) is 8.78 Å². The molecule has 0 amide bonds. The van der Waals surface area contributed by atoms with Crippen LogP contribution in [0.15, 0.2) is 16.6 Å². The summed E-state index contributed by atoms with van der Waals surface area (Å²) in [7, 11) is 0. The highest BCUT2D eigenvalue weighted by atomic mass is 79.9. The van der Waals surface area contributed by atoms with Crippen molar-refractivity contribution in [2.75, 3.05) is 13.2 Å². The van der Waals surface area contributed by atoms with E-state index in [0.717, 1.165) is 6.07 Å². The molecule has 0 aromatic heterocycles. The van der Waals surface area contributed by atoms with Crippen molar-refractivity contribution in [3.63, 3.8) is 0 Å². The summed E-state index contributed by atoms with van der Waals surface area (Å²) in [5, 5.41) is 3.38. The van der Waals surface area contributed by atoms with Crippen LogP contribution in [0.1, 0.15) is 34.6 Å². The SMILES string of the molecule is CC(C)(CNC(C)(C)C)COc1cc(Br)cc(F)c1F. The molecule has 0 aliphatic heterocycles. The highest BCUT2D eigenvalue weighted by molar-refractivity contribution is 9.10. The van der Waals surface area contributed by atoms with Gasteiger partial charge in [-0.2, -0.15) is 4.39 Å². The van der Waals surface area contributed by atoms with Crippen LogP contribution in [0.3, 0.4) is 0 Å². The average molecular weight is 350 g/mol. The molecule has 0 aliphatic rings. The van der Waals surface area contributed by atoms with Crippen LogP contribution in [0.25, 0.3) is 0 Å². The lowest BCUT2D eigenvalue weighted by Crippen LogP contribution is -2.43. The fourth-order valence-electron chi connectivity index (χ4n) is 1.47. The van der Waals surface area contributed by atoms with E-state index in [2.05, 4.69) is 42.0 Å². The third-order valence-electron chi connectivity index (χ3n) is 2.68. The molecule has 1 rings (SSSR count). The van der Waals surface area contributed by atoms with Crippen LogP contribution in [0.2, 0.25) is 0 Å². The minimum Gasteiger partial charge on any atom is -0.490 e. The number of nitrogens with one attached hydrogen (secondary N) is 1. The number of halogens is 3. The molecule has 0 unspecified atom stereocenters. The Hall–Kier alpha value is -0.680. The first-order valence-corrected chi connectivity index (χ1v) is 7.32. The van der Waals surface area contributed by atoms with Crippen LogP contribution in [0, 0.1) is 17.0 Å². The summed E-state index contributed by atoms with van der Waals surface area (Å²) in [6, 6.07) is 2.51. The highest BCUT2D eigenvalue weighted by Gasteiger charge is 2.23. The van der Waals surface area contributed by atoms with E-state index >= 15 is 0 Å². The Morgan fingerprint density at radius 3 is 2.30 bits per heavy atom. The summed E-state index contributed by atoms with van der Waals surface area (Å²) in [5.41, 5.74) is -0.192. The molecule has 0 fully saturated rings. The maximum absolute atomic E-state index is 13.6. The van der Waals surface area contributed by atoms with Crippen molar-refractivity contribution in [1.82, 2.24) is 5.32 Å². The number of hydrogen-bond donors (Lipinski definition) is 1. The van der Waals surface area contributed by atoms with E-state index in [4.69, 9.17) is 4.74 Å². The number of benzene rings is 1. The van der Waals surface area contributed by atoms with Gasteiger partial charge < -0.3 is 10.1 Å². The van der Waals surface area contributed by atoms with Crippen LogP contribution in [0.4, 0.5) is 8.78 Å². The summed E-state index contributed by atoms with van der Waals surface area (Å²) in [6.45, 7) is 11.3. The standard InChI is InChI=1S/C15H22BrF2NO/c1-14(2,3)19-8-15(4,5)9-20-12-7-10(16)6-11(17)13(12)18/h6-7,19H,8-9H2,1-5H3. The monoisotopic (exact) mass is 349 g/mol. The van der Waals surface area contributed by atoms with Gasteiger partial charge in [-0.05, 0) is 32.9 Å². The summed E-state index contributed by atoms with van der Waals surface area (Å²) < 4.78 is 32.8. The van der Waals surface area contributed by atoms with E-state index in [1.165, 1.54) is 6.07 Å². The van der Waals surface area contributed by atoms with Crippen LogP contribution in [0.5, 0.6) is 5.75 Å². The highest BCUT2D eigenvalue weighted by Crippen LogP contribution is 2.27. The topological polar surface area (TPSA) is 21.3 Å². The maximum Gasteiger partial charge on any atom is 0.200 e. The fraction of sp³-hybridized carbons (Fsp3) is 0.600. The first kappa shape index (κ1) is 17.4. The molecule has 1 aromatic rings. The Kier molecular flexibility index (Phi) is 5.55. The number of ether oxygens (including phenoxy) is 1. The number of hydrogen-bond acceptors (Lipinski definition) is 2. The molecule has 1 N–H and O–H groups in total. The molecular formula is C15H22BrF2NO. The largest absolute Gasteiger partial charge is 0.490 e. The molecule has 0 saturated heterocycles. The van der Waals surface area contributed by atoms with E-state index in [-0.39, 0.29) is 16.7 Å². The normalized spacial score (nSPS) is 12.6. The molecule has 0 bridgehead atoms. The van der Waals surface area contributed by atoms with Gasteiger partial charge in [-0.25, -0.2) is 4.39 Å². The second-order valence-electron chi connectivity index (χ2n) is 6.76. The van der Waals surface area contributed by atoms with Crippen molar-refractivity contribution in [2.24, 2.45) is 5.41 Å². The van der Waals surface area contributed by atoms with Gasteiger partial charge >= 0.3 is 0 Å². The molecular weight excluding hydrogens is 328 g/mol. The lowest BCUT2D eigenvalue weighted by molar-refractivity contribution is 0.160. The second kappa shape index (κ2) is 6.39. The van der Waals surface area contributed by atoms with Gasteiger partial charge in [-0.3, -0.25) is 0 Å². The Bertz CT molecular complexity index is 470. The van der Waals surface area contributed by atoms with Gasteiger partial charge in [0.2, 0.25) is 5.82 Å².